The Morgan fingerprint density at radius 3 is 2.08 bits per heavy atom. The highest BCUT2D eigenvalue weighted by Gasteiger charge is 2.17. The third-order valence-corrected chi connectivity index (χ3v) is 2.01. The van der Waals surface area contributed by atoms with E-state index in [1.807, 2.05) is 6.92 Å². The molecule has 0 aliphatic heterocycles. The van der Waals surface area contributed by atoms with Crippen LogP contribution in [0.5, 0.6) is 0 Å². The van der Waals surface area contributed by atoms with Crippen molar-refractivity contribution in [3.63, 3.8) is 0 Å². The van der Waals surface area contributed by atoms with E-state index in [1.54, 1.807) is 13.8 Å². The second-order valence-corrected chi connectivity index (χ2v) is 3.66. The van der Waals surface area contributed by atoms with E-state index < -0.39 is 7.82 Å². The molecular formula is C7H15O4P. The van der Waals surface area contributed by atoms with Crippen LogP contribution >= 0.6 is 7.82 Å². The Kier molecular flexibility index (Phi) is 4.53. The third kappa shape index (κ3) is 4.54. The molecule has 0 aromatic heterocycles. The number of phosphoric ester groups is 1. The SMILES string of the molecule is CCC(C)=C(CC)OP(=O)(O)O. The van der Waals surface area contributed by atoms with Crippen LogP contribution in [-0.4, -0.2) is 9.79 Å². The summed E-state index contributed by atoms with van der Waals surface area (Å²) in [6.07, 6.45) is 1.24. The third-order valence-electron chi connectivity index (χ3n) is 1.56. The van der Waals surface area contributed by atoms with Gasteiger partial charge in [0.25, 0.3) is 0 Å². The molecule has 0 spiro atoms. The lowest BCUT2D eigenvalue weighted by Crippen LogP contribution is -1.92. The molecule has 0 aromatic carbocycles. The summed E-state index contributed by atoms with van der Waals surface area (Å²) in [6, 6.07) is 0. The van der Waals surface area contributed by atoms with Gasteiger partial charge in [0.15, 0.2) is 0 Å². The van der Waals surface area contributed by atoms with Gasteiger partial charge < -0.3 is 4.52 Å². The summed E-state index contributed by atoms with van der Waals surface area (Å²) >= 11 is 0. The van der Waals surface area contributed by atoms with Gasteiger partial charge in [-0.15, -0.1) is 0 Å². The van der Waals surface area contributed by atoms with Gasteiger partial charge in [-0.3, -0.25) is 9.79 Å². The monoisotopic (exact) mass is 194 g/mol. The van der Waals surface area contributed by atoms with Crippen molar-refractivity contribution in [3.8, 4) is 0 Å². The summed E-state index contributed by atoms with van der Waals surface area (Å²) < 4.78 is 14.9. The van der Waals surface area contributed by atoms with Gasteiger partial charge in [0.2, 0.25) is 0 Å². The van der Waals surface area contributed by atoms with Gasteiger partial charge in [-0.25, -0.2) is 4.57 Å². The summed E-state index contributed by atoms with van der Waals surface area (Å²) in [7, 11) is -4.36. The topological polar surface area (TPSA) is 66.8 Å². The molecule has 0 fully saturated rings. The molecule has 0 radical (unpaired) electrons. The summed E-state index contributed by atoms with van der Waals surface area (Å²) in [5.74, 6) is 0.394. The van der Waals surface area contributed by atoms with Crippen LogP contribution in [0.15, 0.2) is 11.3 Å². The summed E-state index contributed by atoms with van der Waals surface area (Å²) in [5, 5.41) is 0. The van der Waals surface area contributed by atoms with Gasteiger partial charge in [0.05, 0.1) is 0 Å². The zero-order valence-corrected chi connectivity index (χ0v) is 8.47. The van der Waals surface area contributed by atoms with E-state index in [0.717, 1.165) is 12.0 Å². The van der Waals surface area contributed by atoms with Gasteiger partial charge in [-0.2, -0.15) is 0 Å². The fourth-order valence-electron chi connectivity index (χ4n) is 0.785. The molecule has 0 amide bonds. The van der Waals surface area contributed by atoms with Crippen LogP contribution in [0.2, 0.25) is 0 Å². The quantitative estimate of drug-likeness (QED) is 0.531. The van der Waals surface area contributed by atoms with E-state index in [9.17, 15) is 4.57 Å². The Labute approximate surface area is 72.5 Å². The lowest BCUT2D eigenvalue weighted by atomic mass is 10.2. The average Bonchev–Trinajstić information content (AvgIpc) is 1.97. The molecule has 0 aliphatic rings. The maximum atomic E-state index is 10.5. The maximum Gasteiger partial charge on any atom is 0.524 e. The van der Waals surface area contributed by atoms with Crippen molar-refractivity contribution in [1.29, 1.82) is 0 Å². The highest BCUT2D eigenvalue weighted by atomic mass is 31.2. The second kappa shape index (κ2) is 4.65. The lowest BCUT2D eigenvalue weighted by Gasteiger charge is -2.11. The molecule has 72 valence electrons. The smallest absolute Gasteiger partial charge is 0.409 e. The van der Waals surface area contributed by atoms with E-state index in [4.69, 9.17) is 9.79 Å². The molecule has 5 heteroatoms. The fourth-order valence-corrected chi connectivity index (χ4v) is 1.36. The van der Waals surface area contributed by atoms with Crippen LogP contribution < -0.4 is 0 Å². The fraction of sp³-hybridized carbons (Fsp3) is 0.714. The molecular weight excluding hydrogens is 179 g/mol. The van der Waals surface area contributed by atoms with Crippen LogP contribution in [0.25, 0.3) is 0 Å². The molecule has 0 aromatic rings. The van der Waals surface area contributed by atoms with Crippen LogP contribution in [0, 0.1) is 0 Å². The van der Waals surface area contributed by atoms with Crippen molar-refractivity contribution in [2.45, 2.75) is 33.6 Å². The summed E-state index contributed by atoms with van der Waals surface area (Å²) in [4.78, 5) is 17.0. The molecule has 0 bridgehead atoms. The Balaban J connectivity index is 4.49. The number of rotatable bonds is 4. The molecule has 0 rings (SSSR count). The second-order valence-electron chi connectivity index (χ2n) is 2.49. The molecule has 4 nitrogen and oxygen atoms in total. The first-order chi connectivity index (χ1) is 5.40. The van der Waals surface area contributed by atoms with Crippen molar-refractivity contribution in [2.24, 2.45) is 0 Å². The van der Waals surface area contributed by atoms with Gasteiger partial charge in [0, 0.05) is 6.42 Å². The van der Waals surface area contributed by atoms with E-state index in [-0.39, 0.29) is 0 Å². The van der Waals surface area contributed by atoms with Crippen molar-refractivity contribution < 1.29 is 18.9 Å². The van der Waals surface area contributed by atoms with E-state index in [0.29, 0.717) is 12.2 Å². The van der Waals surface area contributed by atoms with Gasteiger partial charge in [-0.05, 0) is 18.9 Å². The van der Waals surface area contributed by atoms with Crippen molar-refractivity contribution >= 4 is 7.82 Å². The largest absolute Gasteiger partial charge is 0.524 e. The minimum Gasteiger partial charge on any atom is -0.409 e. The molecule has 0 saturated carbocycles. The van der Waals surface area contributed by atoms with Crippen LogP contribution in [0.3, 0.4) is 0 Å². The molecule has 0 unspecified atom stereocenters. The first-order valence-electron chi connectivity index (χ1n) is 3.84. The Bertz CT molecular complexity index is 215. The van der Waals surface area contributed by atoms with Crippen molar-refractivity contribution in [2.75, 3.05) is 0 Å². The minimum absolute atomic E-state index is 0.394. The molecule has 0 heterocycles. The number of hydrogen-bond acceptors (Lipinski definition) is 2. The normalized spacial score (nSPS) is 14.1. The van der Waals surface area contributed by atoms with Gasteiger partial charge in [-0.1, -0.05) is 13.8 Å². The number of phosphoric acid groups is 1. The first kappa shape index (κ1) is 11.7. The van der Waals surface area contributed by atoms with Gasteiger partial charge in [0.1, 0.15) is 5.76 Å². The van der Waals surface area contributed by atoms with Crippen LogP contribution in [-0.2, 0) is 9.09 Å². The average molecular weight is 194 g/mol. The standard InChI is InChI=1S/C7H15O4P/c1-4-6(3)7(5-2)11-12(8,9)10/h4-5H2,1-3H3,(H2,8,9,10). The maximum absolute atomic E-state index is 10.5. The predicted molar refractivity (Wildman–Crippen MR) is 46.4 cm³/mol. The summed E-state index contributed by atoms with van der Waals surface area (Å²) in [6.45, 7) is 5.51. The zero-order chi connectivity index (χ0) is 9.78. The van der Waals surface area contributed by atoms with Crippen LogP contribution in [0.4, 0.5) is 0 Å². The number of allylic oxidation sites excluding steroid dienone is 2. The molecule has 0 aliphatic carbocycles. The van der Waals surface area contributed by atoms with Crippen molar-refractivity contribution in [1.82, 2.24) is 0 Å². The zero-order valence-electron chi connectivity index (χ0n) is 7.57. The minimum atomic E-state index is -4.36. The molecule has 2 N–H and O–H groups in total. The molecule has 0 atom stereocenters. The summed E-state index contributed by atoms with van der Waals surface area (Å²) in [5.41, 5.74) is 0.876. The lowest BCUT2D eigenvalue weighted by molar-refractivity contribution is 0.235. The Morgan fingerprint density at radius 1 is 1.33 bits per heavy atom. The van der Waals surface area contributed by atoms with Crippen molar-refractivity contribution in [3.05, 3.63) is 11.3 Å². The Morgan fingerprint density at radius 2 is 1.83 bits per heavy atom. The van der Waals surface area contributed by atoms with E-state index >= 15 is 0 Å². The van der Waals surface area contributed by atoms with E-state index in [1.165, 1.54) is 0 Å². The predicted octanol–water partition coefficient (Wildman–Crippen LogP) is 2.19. The van der Waals surface area contributed by atoms with Crippen LogP contribution in [0.1, 0.15) is 33.6 Å². The first-order valence-corrected chi connectivity index (χ1v) is 5.37. The highest BCUT2D eigenvalue weighted by molar-refractivity contribution is 7.46. The number of hydrogen-bond donors (Lipinski definition) is 2. The molecule has 12 heavy (non-hydrogen) atoms. The Hall–Kier alpha value is -0.310. The molecule has 0 saturated heterocycles. The highest BCUT2D eigenvalue weighted by Crippen LogP contribution is 2.40. The van der Waals surface area contributed by atoms with E-state index in [2.05, 4.69) is 4.52 Å². The van der Waals surface area contributed by atoms with Gasteiger partial charge >= 0.3 is 7.82 Å².